The van der Waals surface area contributed by atoms with Gasteiger partial charge in [-0.2, -0.15) is 0 Å². The van der Waals surface area contributed by atoms with Crippen LogP contribution in [0, 0.1) is 0 Å². The molecule has 0 radical (unpaired) electrons. The molecule has 1 saturated heterocycles. The highest BCUT2D eigenvalue weighted by atomic mass is 16.4. The number of hydrogen-bond acceptors (Lipinski definition) is 6. The predicted molar refractivity (Wildman–Crippen MR) is 86.1 cm³/mol. The van der Waals surface area contributed by atoms with E-state index in [0.29, 0.717) is 39.3 Å². The van der Waals surface area contributed by atoms with Crippen LogP contribution in [-0.2, 0) is 14.4 Å². The highest BCUT2D eigenvalue weighted by Gasteiger charge is 2.17. The Morgan fingerprint density at radius 3 is 1.12 bits per heavy atom. The Kier molecular flexibility index (Phi) is 9.28. The van der Waals surface area contributed by atoms with Crippen molar-refractivity contribution in [3.05, 3.63) is 0 Å². The van der Waals surface area contributed by atoms with Gasteiger partial charge in [-0.15, -0.1) is 0 Å². The predicted octanol–water partition coefficient (Wildman–Crippen LogP) is -0.670. The molecular weight excluding hydrogens is 318 g/mol. The first-order valence-corrected chi connectivity index (χ1v) is 8.19. The summed E-state index contributed by atoms with van der Waals surface area (Å²) in [5, 5.41) is 27.0. The fourth-order valence-electron chi connectivity index (χ4n) is 2.80. The number of carbonyl (C=O) groups is 3. The molecule has 1 heterocycles. The van der Waals surface area contributed by atoms with E-state index >= 15 is 0 Å². The van der Waals surface area contributed by atoms with Crippen LogP contribution in [0.2, 0.25) is 0 Å². The summed E-state index contributed by atoms with van der Waals surface area (Å²) in [4.78, 5) is 38.3. The topological polar surface area (TPSA) is 122 Å². The maximum Gasteiger partial charge on any atom is 0.317 e. The summed E-state index contributed by atoms with van der Waals surface area (Å²) in [5.74, 6) is -2.73. The highest BCUT2D eigenvalue weighted by molar-refractivity contribution is 5.69. The van der Waals surface area contributed by atoms with Gasteiger partial charge < -0.3 is 15.3 Å². The van der Waals surface area contributed by atoms with Gasteiger partial charge in [0, 0.05) is 26.2 Å². The van der Waals surface area contributed by atoms with Crippen LogP contribution in [0.25, 0.3) is 0 Å². The smallest absolute Gasteiger partial charge is 0.317 e. The molecule has 0 aromatic carbocycles. The summed E-state index contributed by atoms with van der Waals surface area (Å²) in [6, 6.07) is 0. The Bertz CT molecular complexity index is 401. The molecule has 0 aromatic heterocycles. The molecule has 24 heavy (non-hydrogen) atoms. The van der Waals surface area contributed by atoms with E-state index in [1.165, 1.54) is 0 Å². The van der Waals surface area contributed by atoms with E-state index < -0.39 is 17.9 Å². The largest absolute Gasteiger partial charge is 0.480 e. The zero-order valence-electron chi connectivity index (χ0n) is 13.9. The van der Waals surface area contributed by atoms with E-state index in [1.54, 1.807) is 4.90 Å². The van der Waals surface area contributed by atoms with Gasteiger partial charge in [0.05, 0.1) is 19.6 Å². The van der Waals surface area contributed by atoms with Gasteiger partial charge in [-0.25, -0.2) is 0 Å². The Hall–Kier alpha value is -1.71. The van der Waals surface area contributed by atoms with E-state index in [-0.39, 0.29) is 19.6 Å². The van der Waals surface area contributed by atoms with Crippen molar-refractivity contribution >= 4 is 17.9 Å². The van der Waals surface area contributed by atoms with Gasteiger partial charge >= 0.3 is 17.9 Å². The Morgan fingerprint density at radius 1 is 0.542 bits per heavy atom. The SMILES string of the molecule is O=C(O)CN1CCCCCN(CC(=O)O)CCN(CC(=O)O)CC1. The van der Waals surface area contributed by atoms with Crippen LogP contribution in [-0.4, -0.2) is 107 Å². The zero-order chi connectivity index (χ0) is 17.9. The lowest BCUT2D eigenvalue weighted by atomic mass is 10.2. The van der Waals surface area contributed by atoms with Gasteiger partial charge in [-0.05, 0) is 25.9 Å². The lowest BCUT2D eigenvalue weighted by Crippen LogP contribution is -2.44. The first-order valence-electron chi connectivity index (χ1n) is 8.19. The van der Waals surface area contributed by atoms with Crippen molar-refractivity contribution in [2.75, 3.05) is 58.9 Å². The molecule has 0 bridgehead atoms. The molecule has 0 unspecified atom stereocenters. The van der Waals surface area contributed by atoms with Crippen molar-refractivity contribution in [2.24, 2.45) is 0 Å². The molecule has 3 N–H and O–H groups in total. The molecule has 0 saturated carbocycles. The van der Waals surface area contributed by atoms with Crippen molar-refractivity contribution in [1.29, 1.82) is 0 Å². The van der Waals surface area contributed by atoms with Gasteiger partial charge in [-0.3, -0.25) is 29.1 Å². The summed E-state index contributed by atoms with van der Waals surface area (Å²) < 4.78 is 0. The van der Waals surface area contributed by atoms with Crippen LogP contribution in [0.4, 0.5) is 0 Å². The summed E-state index contributed by atoms with van der Waals surface area (Å²) in [6.45, 7) is 2.91. The molecule has 0 aliphatic carbocycles. The minimum Gasteiger partial charge on any atom is -0.480 e. The molecule has 1 rings (SSSR count). The third-order valence-electron chi connectivity index (χ3n) is 3.99. The summed E-state index contributed by atoms with van der Waals surface area (Å²) in [6.07, 6.45) is 2.59. The quantitative estimate of drug-likeness (QED) is 0.575. The molecule has 9 nitrogen and oxygen atoms in total. The maximum absolute atomic E-state index is 11.0. The summed E-state index contributed by atoms with van der Waals surface area (Å²) in [5.41, 5.74) is 0. The van der Waals surface area contributed by atoms with Crippen LogP contribution in [0.1, 0.15) is 19.3 Å². The highest BCUT2D eigenvalue weighted by Crippen LogP contribution is 2.05. The van der Waals surface area contributed by atoms with Crippen LogP contribution in [0.5, 0.6) is 0 Å². The van der Waals surface area contributed by atoms with Gasteiger partial charge in [0.25, 0.3) is 0 Å². The molecule has 1 aliphatic heterocycles. The minimum absolute atomic E-state index is 0.0496. The minimum atomic E-state index is -0.948. The number of rotatable bonds is 6. The monoisotopic (exact) mass is 345 g/mol. The molecule has 0 atom stereocenters. The first kappa shape index (κ1) is 20.3. The van der Waals surface area contributed by atoms with E-state index in [4.69, 9.17) is 15.3 Å². The average Bonchev–Trinajstić information content (AvgIpc) is 2.45. The van der Waals surface area contributed by atoms with Crippen LogP contribution >= 0.6 is 0 Å². The van der Waals surface area contributed by atoms with Gasteiger partial charge in [0.2, 0.25) is 0 Å². The number of aliphatic carboxylic acids is 3. The second kappa shape index (κ2) is 11.0. The second-order valence-electron chi connectivity index (χ2n) is 6.07. The van der Waals surface area contributed by atoms with E-state index in [0.717, 1.165) is 19.3 Å². The summed E-state index contributed by atoms with van der Waals surface area (Å²) in [7, 11) is 0. The zero-order valence-corrected chi connectivity index (χ0v) is 13.9. The molecular formula is C15H27N3O6. The fraction of sp³-hybridized carbons (Fsp3) is 0.800. The van der Waals surface area contributed by atoms with E-state index in [2.05, 4.69) is 0 Å². The van der Waals surface area contributed by atoms with Crippen molar-refractivity contribution in [3.8, 4) is 0 Å². The van der Waals surface area contributed by atoms with E-state index in [9.17, 15) is 14.4 Å². The molecule has 9 heteroatoms. The third-order valence-corrected chi connectivity index (χ3v) is 3.99. The fourth-order valence-corrected chi connectivity index (χ4v) is 2.80. The van der Waals surface area contributed by atoms with Crippen molar-refractivity contribution in [3.63, 3.8) is 0 Å². The molecule has 0 aromatic rings. The lowest BCUT2D eigenvalue weighted by molar-refractivity contribution is -0.140. The van der Waals surface area contributed by atoms with Gasteiger partial charge in [-0.1, -0.05) is 6.42 Å². The van der Waals surface area contributed by atoms with Crippen molar-refractivity contribution in [1.82, 2.24) is 14.7 Å². The lowest BCUT2D eigenvalue weighted by Gasteiger charge is -2.29. The Balaban J connectivity index is 2.68. The number of nitrogens with zero attached hydrogens (tertiary/aromatic N) is 3. The number of carboxylic acids is 3. The van der Waals surface area contributed by atoms with Gasteiger partial charge in [0.15, 0.2) is 0 Å². The molecule has 138 valence electrons. The normalized spacial score (nSPS) is 20.0. The number of carboxylic acid groups (broad SMARTS) is 3. The molecule has 0 amide bonds. The average molecular weight is 345 g/mol. The second-order valence-corrected chi connectivity index (χ2v) is 6.07. The first-order chi connectivity index (χ1) is 11.4. The van der Waals surface area contributed by atoms with Gasteiger partial charge in [0.1, 0.15) is 0 Å². The van der Waals surface area contributed by atoms with Crippen LogP contribution < -0.4 is 0 Å². The standard InChI is InChI=1S/C15H27N3O6/c19-13(20)10-16-4-2-1-3-5-17(11-14(21)22)7-9-18(8-6-16)12-15(23)24/h1-12H2,(H,19,20)(H,21,22)(H,23,24). The van der Waals surface area contributed by atoms with Crippen LogP contribution in [0.15, 0.2) is 0 Å². The number of hydrogen-bond donors (Lipinski definition) is 3. The summed E-state index contributed by atoms with van der Waals surface area (Å²) >= 11 is 0. The molecule has 1 fully saturated rings. The van der Waals surface area contributed by atoms with Crippen molar-refractivity contribution < 1.29 is 29.7 Å². The van der Waals surface area contributed by atoms with Crippen molar-refractivity contribution in [2.45, 2.75) is 19.3 Å². The Labute approximate surface area is 141 Å². The van der Waals surface area contributed by atoms with E-state index in [1.807, 2.05) is 9.80 Å². The molecule has 1 aliphatic rings. The van der Waals surface area contributed by atoms with Crippen LogP contribution in [0.3, 0.4) is 0 Å². The Morgan fingerprint density at radius 2 is 0.833 bits per heavy atom. The maximum atomic E-state index is 11.0. The molecule has 0 spiro atoms. The third kappa shape index (κ3) is 9.43.